The molecule has 0 N–H and O–H groups in total. The molecule has 0 atom stereocenters. The van der Waals surface area contributed by atoms with Gasteiger partial charge in [-0.3, -0.25) is 0 Å². The van der Waals surface area contributed by atoms with Gasteiger partial charge in [0.05, 0.1) is 11.0 Å². The lowest BCUT2D eigenvalue weighted by atomic mass is 9.96. The third kappa shape index (κ3) is 4.32. The van der Waals surface area contributed by atoms with Gasteiger partial charge in [-0.15, -0.1) is 0 Å². The average Bonchev–Trinajstić information content (AvgIpc) is 3.87. The second-order valence-electron chi connectivity index (χ2n) is 13.3. The fraction of sp³-hybridized carbons (Fsp3) is 0. The van der Waals surface area contributed by atoms with Crippen molar-refractivity contribution in [3.8, 4) is 39.1 Å². The normalized spacial score (nSPS) is 11.9. The molecule has 0 amide bonds. The van der Waals surface area contributed by atoms with Gasteiger partial charge < -0.3 is 13.4 Å². The monoisotopic (exact) mass is 651 g/mol. The molecule has 3 nitrogen and oxygen atoms in total. The van der Waals surface area contributed by atoms with Crippen molar-refractivity contribution in [3.63, 3.8) is 0 Å². The highest BCUT2D eigenvalue weighted by atomic mass is 16.3. The summed E-state index contributed by atoms with van der Waals surface area (Å²) in [6.45, 7) is 0. The zero-order valence-electron chi connectivity index (χ0n) is 27.5. The molecule has 0 spiro atoms. The zero-order chi connectivity index (χ0) is 33.5. The molecule has 11 aromatic rings. The largest absolute Gasteiger partial charge is 0.456 e. The summed E-state index contributed by atoms with van der Waals surface area (Å²) < 4.78 is 14.9. The Bertz CT molecular complexity index is 3140. The molecule has 3 heteroatoms. The molecule has 0 aliphatic heterocycles. The highest BCUT2D eigenvalue weighted by Gasteiger charge is 2.19. The fourth-order valence-corrected chi connectivity index (χ4v) is 8.02. The van der Waals surface area contributed by atoms with E-state index in [1.54, 1.807) is 0 Å². The van der Waals surface area contributed by atoms with Gasteiger partial charge in [0, 0.05) is 43.6 Å². The maximum atomic E-state index is 6.22. The van der Waals surface area contributed by atoms with E-state index in [0.717, 1.165) is 71.8 Å². The molecule has 3 aromatic heterocycles. The first-order valence-corrected chi connectivity index (χ1v) is 17.3. The number of hydrogen-bond donors (Lipinski definition) is 0. The minimum Gasteiger partial charge on any atom is -0.456 e. The lowest BCUT2D eigenvalue weighted by Crippen LogP contribution is -1.97. The van der Waals surface area contributed by atoms with Crippen LogP contribution >= 0.6 is 0 Å². The Hall–Kier alpha value is -6.84. The summed E-state index contributed by atoms with van der Waals surface area (Å²) >= 11 is 0. The minimum absolute atomic E-state index is 0.897. The molecule has 3 heterocycles. The number of hydrogen-bond acceptors (Lipinski definition) is 2. The van der Waals surface area contributed by atoms with Crippen LogP contribution in [0.1, 0.15) is 0 Å². The maximum Gasteiger partial charge on any atom is 0.135 e. The van der Waals surface area contributed by atoms with Gasteiger partial charge in [0.15, 0.2) is 0 Å². The van der Waals surface area contributed by atoms with E-state index in [2.05, 4.69) is 156 Å². The molecule has 0 aliphatic rings. The Kier molecular flexibility index (Phi) is 5.96. The molecule has 0 radical (unpaired) electrons. The minimum atomic E-state index is 0.897. The van der Waals surface area contributed by atoms with Gasteiger partial charge >= 0.3 is 0 Å². The Balaban J connectivity index is 1.20. The number of rotatable bonds is 4. The fourth-order valence-electron chi connectivity index (χ4n) is 8.02. The number of fused-ring (bicyclic) bond motifs is 9. The predicted octanol–water partition coefficient (Wildman–Crippen LogP) is 13.6. The highest BCUT2D eigenvalue weighted by Crippen LogP contribution is 2.42. The predicted molar refractivity (Wildman–Crippen MR) is 212 cm³/mol. The number of furan rings is 2. The lowest BCUT2D eigenvalue weighted by molar-refractivity contribution is 0.668. The highest BCUT2D eigenvalue weighted by molar-refractivity contribution is 6.15. The van der Waals surface area contributed by atoms with Gasteiger partial charge in [-0.25, -0.2) is 0 Å². The zero-order valence-corrected chi connectivity index (χ0v) is 27.5. The number of benzene rings is 8. The Morgan fingerprint density at radius 1 is 0.314 bits per heavy atom. The van der Waals surface area contributed by atoms with Crippen LogP contribution < -0.4 is 0 Å². The van der Waals surface area contributed by atoms with E-state index < -0.39 is 0 Å². The molecule has 0 saturated carbocycles. The van der Waals surface area contributed by atoms with Crippen LogP contribution in [0.2, 0.25) is 0 Å². The first-order chi connectivity index (χ1) is 25.3. The van der Waals surface area contributed by atoms with E-state index in [0.29, 0.717) is 0 Å². The third-order valence-electron chi connectivity index (χ3n) is 10.4. The lowest BCUT2D eigenvalue weighted by Gasteiger charge is -2.16. The number of para-hydroxylation sites is 4. The van der Waals surface area contributed by atoms with Gasteiger partial charge in [0.25, 0.3) is 0 Å². The standard InChI is InChI=1S/C48H29NO2/c1-2-11-30(12-3-1)33-25-34(31-21-23-46-41(28-31)38-14-5-8-19-44(38)50-46)27-35(26-33)49-43-18-7-4-13-37(43)40-17-10-16-36(48(40)49)32-22-24-47-42(29-32)39-15-6-9-20-45(39)51-47/h1-29H. The van der Waals surface area contributed by atoms with Gasteiger partial charge in [-0.1, -0.05) is 115 Å². The SMILES string of the molecule is c1ccc(-c2cc(-c3ccc4oc5ccccc5c4c3)cc(-n3c4ccccc4c4cccc(-c5ccc6oc7ccccc7c6c5)c43)c2)cc1. The van der Waals surface area contributed by atoms with E-state index in [1.165, 1.54) is 32.9 Å². The van der Waals surface area contributed by atoms with Crippen LogP contribution in [0.5, 0.6) is 0 Å². The van der Waals surface area contributed by atoms with Crippen molar-refractivity contribution in [2.24, 2.45) is 0 Å². The Morgan fingerprint density at radius 2 is 0.863 bits per heavy atom. The molecule has 0 fully saturated rings. The quantitative estimate of drug-likeness (QED) is 0.190. The maximum absolute atomic E-state index is 6.22. The Labute approximate surface area is 293 Å². The summed E-state index contributed by atoms with van der Waals surface area (Å²) in [6.07, 6.45) is 0. The smallest absolute Gasteiger partial charge is 0.135 e. The summed E-state index contributed by atoms with van der Waals surface area (Å²) in [7, 11) is 0. The van der Waals surface area contributed by atoms with Crippen LogP contribution in [0.4, 0.5) is 0 Å². The molecular weight excluding hydrogens is 623 g/mol. The second-order valence-corrected chi connectivity index (χ2v) is 13.3. The first-order valence-electron chi connectivity index (χ1n) is 17.3. The van der Waals surface area contributed by atoms with E-state index in [1.807, 2.05) is 24.3 Å². The van der Waals surface area contributed by atoms with Crippen LogP contribution in [0.15, 0.2) is 185 Å². The molecule has 8 aromatic carbocycles. The summed E-state index contributed by atoms with van der Waals surface area (Å²) in [5.74, 6) is 0. The van der Waals surface area contributed by atoms with Crippen LogP contribution in [0.25, 0.3) is 105 Å². The van der Waals surface area contributed by atoms with Crippen LogP contribution in [0, 0.1) is 0 Å². The molecule has 238 valence electrons. The van der Waals surface area contributed by atoms with Gasteiger partial charge in [-0.2, -0.15) is 0 Å². The van der Waals surface area contributed by atoms with Crippen molar-refractivity contribution in [3.05, 3.63) is 176 Å². The van der Waals surface area contributed by atoms with Crippen LogP contribution in [0.3, 0.4) is 0 Å². The number of nitrogens with zero attached hydrogens (tertiary/aromatic N) is 1. The second kappa shape index (κ2) is 10.8. The van der Waals surface area contributed by atoms with Crippen molar-refractivity contribution in [1.82, 2.24) is 4.57 Å². The van der Waals surface area contributed by atoms with E-state index >= 15 is 0 Å². The van der Waals surface area contributed by atoms with Crippen molar-refractivity contribution >= 4 is 65.7 Å². The van der Waals surface area contributed by atoms with Crippen LogP contribution in [-0.4, -0.2) is 4.57 Å². The van der Waals surface area contributed by atoms with E-state index in [4.69, 9.17) is 8.83 Å². The topological polar surface area (TPSA) is 31.2 Å². The van der Waals surface area contributed by atoms with Crippen molar-refractivity contribution in [2.75, 3.05) is 0 Å². The van der Waals surface area contributed by atoms with E-state index in [-0.39, 0.29) is 0 Å². The molecule has 51 heavy (non-hydrogen) atoms. The summed E-state index contributed by atoms with van der Waals surface area (Å²) in [5.41, 5.74) is 14.0. The molecule has 0 saturated heterocycles. The van der Waals surface area contributed by atoms with Gasteiger partial charge in [-0.05, 0) is 88.5 Å². The van der Waals surface area contributed by atoms with Crippen molar-refractivity contribution in [1.29, 1.82) is 0 Å². The first kappa shape index (κ1) is 28.0. The van der Waals surface area contributed by atoms with Crippen molar-refractivity contribution in [2.45, 2.75) is 0 Å². The van der Waals surface area contributed by atoms with Crippen molar-refractivity contribution < 1.29 is 8.83 Å². The Morgan fingerprint density at radius 3 is 1.59 bits per heavy atom. The summed E-state index contributed by atoms with van der Waals surface area (Å²) in [6, 6.07) is 62.8. The molecule has 11 rings (SSSR count). The van der Waals surface area contributed by atoms with Crippen LogP contribution in [-0.2, 0) is 0 Å². The van der Waals surface area contributed by atoms with Gasteiger partial charge in [0.1, 0.15) is 22.3 Å². The average molecular weight is 652 g/mol. The molecule has 0 unspecified atom stereocenters. The molecule has 0 aliphatic carbocycles. The van der Waals surface area contributed by atoms with Gasteiger partial charge in [0.2, 0.25) is 0 Å². The number of aromatic nitrogens is 1. The third-order valence-corrected chi connectivity index (χ3v) is 10.4. The molecular formula is C48H29NO2. The summed E-state index contributed by atoms with van der Waals surface area (Å²) in [4.78, 5) is 0. The van der Waals surface area contributed by atoms with E-state index in [9.17, 15) is 0 Å². The summed E-state index contributed by atoms with van der Waals surface area (Å²) in [5, 5.41) is 6.95. The molecule has 0 bridgehead atoms.